The first-order valence-electron chi connectivity index (χ1n) is 14.4. The summed E-state index contributed by atoms with van der Waals surface area (Å²) in [6, 6.07) is 27.0. The van der Waals surface area contributed by atoms with E-state index in [0.29, 0.717) is 0 Å². The summed E-state index contributed by atoms with van der Waals surface area (Å²) < 4.78 is 2.16. The van der Waals surface area contributed by atoms with Gasteiger partial charge in [-0.25, -0.2) is 0 Å². The first-order chi connectivity index (χ1) is 19.4. The number of allylic oxidation sites excluding steroid dienone is 4. The third-order valence-corrected chi connectivity index (χ3v) is 9.20. The van der Waals surface area contributed by atoms with E-state index in [1.165, 1.54) is 66.1 Å². The summed E-state index contributed by atoms with van der Waals surface area (Å²) in [4.78, 5) is 0. The molecule has 2 heteroatoms. The SMILES string of the molecule is CC(C)(C)c1ccc2c(c1)C=c1c-2cc(=C(c2cccc(Br)c2)c2cccc(Br)c2)c(C(C)(C)C)c1C1=CC=CC1. The molecule has 0 saturated heterocycles. The molecule has 2 aliphatic carbocycles. The van der Waals surface area contributed by atoms with E-state index < -0.39 is 0 Å². The summed E-state index contributed by atoms with van der Waals surface area (Å²) in [5.41, 5.74) is 13.2. The minimum atomic E-state index is -0.0917. The van der Waals surface area contributed by atoms with E-state index in [-0.39, 0.29) is 10.8 Å². The van der Waals surface area contributed by atoms with Crippen molar-refractivity contribution in [2.24, 2.45) is 0 Å². The highest BCUT2D eigenvalue weighted by Crippen LogP contribution is 2.38. The van der Waals surface area contributed by atoms with E-state index in [4.69, 9.17) is 0 Å². The standard InChI is InChI=1S/C39H36Br2/c1-38(2,3)28-17-18-31-27(19-28)22-33-32(31)23-34(37(39(4,5)6)36(33)24-11-7-8-12-24)35(25-13-9-15-29(40)20-25)26-14-10-16-30(41)21-26/h7-11,13-23H,12H2,1-6H3. The predicted molar refractivity (Wildman–Crippen MR) is 184 cm³/mol. The van der Waals surface area contributed by atoms with Crippen LogP contribution in [0.25, 0.3) is 28.3 Å². The molecular weight excluding hydrogens is 628 g/mol. The summed E-state index contributed by atoms with van der Waals surface area (Å²) in [7, 11) is 0. The van der Waals surface area contributed by atoms with Crippen LogP contribution >= 0.6 is 31.9 Å². The molecule has 4 aromatic carbocycles. The summed E-state index contributed by atoms with van der Waals surface area (Å²) in [5, 5.41) is 2.66. The fraction of sp³-hybridized carbons (Fsp3) is 0.231. The average molecular weight is 665 g/mol. The van der Waals surface area contributed by atoms with E-state index >= 15 is 0 Å². The van der Waals surface area contributed by atoms with Crippen LogP contribution in [0.5, 0.6) is 0 Å². The summed E-state index contributed by atoms with van der Waals surface area (Å²) >= 11 is 7.53. The van der Waals surface area contributed by atoms with Gasteiger partial charge >= 0.3 is 0 Å². The fourth-order valence-corrected chi connectivity index (χ4v) is 7.13. The molecule has 0 amide bonds. The van der Waals surface area contributed by atoms with Gasteiger partial charge in [0.15, 0.2) is 0 Å². The van der Waals surface area contributed by atoms with Crippen molar-refractivity contribution in [1.82, 2.24) is 0 Å². The first-order valence-corrected chi connectivity index (χ1v) is 16.0. The Kier molecular flexibility index (Phi) is 7.15. The number of halogens is 2. The molecule has 0 radical (unpaired) electrons. The first kappa shape index (κ1) is 28.2. The van der Waals surface area contributed by atoms with Crippen LogP contribution in [0.4, 0.5) is 0 Å². The van der Waals surface area contributed by atoms with Crippen molar-refractivity contribution in [3.05, 3.63) is 144 Å². The fourth-order valence-electron chi connectivity index (χ4n) is 6.33. The van der Waals surface area contributed by atoms with Crippen LogP contribution in [-0.2, 0) is 10.8 Å². The van der Waals surface area contributed by atoms with Gasteiger partial charge in [-0.1, -0.05) is 134 Å². The molecule has 0 nitrogen and oxygen atoms in total. The van der Waals surface area contributed by atoms with Crippen molar-refractivity contribution in [3.63, 3.8) is 0 Å². The molecular formula is C39H36Br2. The van der Waals surface area contributed by atoms with Gasteiger partial charge in [0.1, 0.15) is 0 Å². The lowest BCUT2D eigenvalue weighted by atomic mass is 9.76. The van der Waals surface area contributed by atoms with Gasteiger partial charge in [0.05, 0.1) is 0 Å². The second-order valence-electron chi connectivity index (χ2n) is 13.3. The minimum absolute atomic E-state index is 0.0917. The molecule has 0 fully saturated rings. The largest absolute Gasteiger partial charge is 0.0801 e. The van der Waals surface area contributed by atoms with Crippen LogP contribution in [-0.4, -0.2) is 0 Å². The lowest BCUT2D eigenvalue weighted by molar-refractivity contribution is 0.583. The molecule has 4 aromatic rings. The average Bonchev–Trinajstić information content (AvgIpc) is 3.55. The molecule has 0 aliphatic heterocycles. The Morgan fingerprint density at radius 2 is 1.37 bits per heavy atom. The molecule has 2 aliphatic rings. The molecule has 0 saturated carbocycles. The van der Waals surface area contributed by atoms with Gasteiger partial charge in [-0.15, -0.1) is 0 Å². The Bertz CT molecular complexity index is 1840. The highest BCUT2D eigenvalue weighted by molar-refractivity contribution is 9.10. The maximum absolute atomic E-state index is 3.77. The highest BCUT2D eigenvalue weighted by Gasteiger charge is 2.29. The van der Waals surface area contributed by atoms with Gasteiger partial charge < -0.3 is 0 Å². The van der Waals surface area contributed by atoms with Crippen molar-refractivity contribution in [1.29, 1.82) is 0 Å². The zero-order valence-electron chi connectivity index (χ0n) is 24.7. The van der Waals surface area contributed by atoms with Crippen LogP contribution in [0.1, 0.15) is 81.3 Å². The van der Waals surface area contributed by atoms with Crippen LogP contribution in [0, 0.1) is 0 Å². The van der Waals surface area contributed by atoms with E-state index in [1.807, 2.05) is 0 Å². The van der Waals surface area contributed by atoms with Gasteiger partial charge in [-0.05, 0) is 120 Å². The zero-order chi connectivity index (χ0) is 29.1. The molecule has 0 bridgehead atoms. The van der Waals surface area contributed by atoms with Crippen molar-refractivity contribution in [2.75, 3.05) is 0 Å². The van der Waals surface area contributed by atoms with Crippen molar-refractivity contribution >= 4 is 49.1 Å². The molecule has 0 heterocycles. The third-order valence-electron chi connectivity index (χ3n) is 8.21. The van der Waals surface area contributed by atoms with E-state index in [2.05, 4.69) is 171 Å². The summed E-state index contributed by atoms with van der Waals surface area (Å²) in [6.07, 6.45) is 10.2. The topological polar surface area (TPSA) is 0 Å². The van der Waals surface area contributed by atoms with Gasteiger partial charge in [0, 0.05) is 8.95 Å². The second-order valence-corrected chi connectivity index (χ2v) is 15.1. The van der Waals surface area contributed by atoms with Crippen molar-refractivity contribution in [3.8, 4) is 11.1 Å². The lowest BCUT2D eigenvalue weighted by Crippen LogP contribution is -2.32. The quantitative estimate of drug-likeness (QED) is 0.180. The minimum Gasteiger partial charge on any atom is -0.0801 e. The maximum Gasteiger partial charge on any atom is 0.0181 e. The van der Waals surface area contributed by atoms with Crippen LogP contribution in [0.3, 0.4) is 0 Å². The lowest BCUT2D eigenvalue weighted by Gasteiger charge is -2.27. The van der Waals surface area contributed by atoms with Gasteiger partial charge in [-0.3, -0.25) is 0 Å². The number of hydrogen-bond acceptors (Lipinski definition) is 0. The van der Waals surface area contributed by atoms with Gasteiger partial charge in [-0.2, -0.15) is 0 Å². The van der Waals surface area contributed by atoms with Gasteiger partial charge in [0.2, 0.25) is 0 Å². The highest BCUT2D eigenvalue weighted by atomic mass is 79.9. The summed E-state index contributed by atoms with van der Waals surface area (Å²) in [6.45, 7) is 14.0. The third kappa shape index (κ3) is 5.26. The maximum atomic E-state index is 3.77. The number of hydrogen-bond donors (Lipinski definition) is 0. The smallest absolute Gasteiger partial charge is 0.0181 e. The molecule has 206 valence electrons. The molecule has 0 unspecified atom stereocenters. The molecule has 6 rings (SSSR count). The van der Waals surface area contributed by atoms with Crippen molar-refractivity contribution < 1.29 is 0 Å². The number of rotatable bonds is 3. The molecule has 41 heavy (non-hydrogen) atoms. The van der Waals surface area contributed by atoms with Gasteiger partial charge in [0.25, 0.3) is 0 Å². The molecule has 0 spiro atoms. The van der Waals surface area contributed by atoms with E-state index in [9.17, 15) is 0 Å². The predicted octanol–water partition coefficient (Wildman–Crippen LogP) is 10.2. The Morgan fingerprint density at radius 1 is 0.707 bits per heavy atom. The van der Waals surface area contributed by atoms with Crippen LogP contribution in [0.2, 0.25) is 0 Å². The second kappa shape index (κ2) is 10.4. The molecule has 0 N–H and O–H groups in total. The normalized spacial score (nSPS) is 14.0. The monoisotopic (exact) mass is 662 g/mol. The van der Waals surface area contributed by atoms with Crippen LogP contribution in [0.15, 0.2) is 100.0 Å². The Balaban J connectivity index is 1.84. The van der Waals surface area contributed by atoms with E-state index in [0.717, 1.165) is 15.4 Å². The zero-order valence-corrected chi connectivity index (χ0v) is 27.9. The van der Waals surface area contributed by atoms with Crippen molar-refractivity contribution in [2.45, 2.75) is 58.8 Å². The number of benzene rings is 4. The Labute approximate surface area is 261 Å². The molecule has 0 atom stereocenters. The van der Waals surface area contributed by atoms with E-state index in [1.54, 1.807) is 0 Å². The Morgan fingerprint density at radius 3 is 1.90 bits per heavy atom. The van der Waals surface area contributed by atoms with Crippen LogP contribution < -0.4 is 10.4 Å². The summed E-state index contributed by atoms with van der Waals surface area (Å²) in [5.74, 6) is 0. The Hall–Kier alpha value is -2.94. The number of fused-ring (bicyclic) bond motifs is 3. The molecule has 0 aromatic heterocycles.